The van der Waals surface area contributed by atoms with Crippen LogP contribution < -0.4 is 0 Å². The average Bonchev–Trinajstić information content (AvgIpc) is 2.98. The molecule has 1 aliphatic carbocycles. The molecule has 1 aliphatic rings. The average molecular weight is 302 g/mol. The van der Waals surface area contributed by atoms with Crippen molar-refractivity contribution in [2.24, 2.45) is 5.92 Å². The molecule has 0 saturated heterocycles. The van der Waals surface area contributed by atoms with Crippen LogP contribution >= 0.6 is 24.0 Å². The SMILES string of the molecule is I.c1ccc(CCCCC2CC2)cc1. The van der Waals surface area contributed by atoms with E-state index < -0.39 is 0 Å². The van der Waals surface area contributed by atoms with Gasteiger partial charge in [-0.2, -0.15) is 0 Å². The third kappa shape index (κ3) is 4.45. The lowest BCUT2D eigenvalue weighted by molar-refractivity contribution is 0.628. The van der Waals surface area contributed by atoms with Gasteiger partial charge in [-0.1, -0.05) is 56.0 Å². The maximum absolute atomic E-state index is 2.23. The van der Waals surface area contributed by atoms with Crippen LogP contribution in [0.1, 0.15) is 37.7 Å². The summed E-state index contributed by atoms with van der Waals surface area (Å²) in [4.78, 5) is 0. The van der Waals surface area contributed by atoms with E-state index in [-0.39, 0.29) is 24.0 Å². The van der Waals surface area contributed by atoms with Gasteiger partial charge in [0.15, 0.2) is 0 Å². The minimum Gasteiger partial charge on any atom is -0.107 e. The van der Waals surface area contributed by atoms with E-state index in [0.29, 0.717) is 0 Å². The molecule has 0 heterocycles. The number of benzene rings is 1. The zero-order chi connectivity index (χ0) is 8.93. The molecule has 1 heteroatoms. The normalized spacial score (nSPS) is 14.9. The monoisotopic (exact) mass is 302 g/mol. The molecule has 0 aromatic heterocycles. The molecular weight excluding hydrogens is 283 g/mol. The standard InChI is InChI=1S/C13H18.HI/c1-2-6-12(7-3-1)8-4-5-9-13-10-11-13;/h1-3,6-7,13H,4-5,8-11H2;1H. The van der Waals surface area contributed by atoms with Crippen molar-refractivity contribution in [3.63, 3.8) is 0 Å². The largest absolute Gasteiger partial charge is 0.107 e. The number of rotatable bonds is 5. The van der Waals surface area contributed by atoms with Crippen molar-refractivity contribution in [3.05, 3.63) is 35.9 Å². The first kappa shape index (κ1) is 12.0. The summed E-state index contributed by atoms with van der Waals surface area (Å²) in [6.07, 6.45) is 8.57. The Morgan fingerprint density at radius 1 is 1.00 bits per heavy atom. The van der Waals surface area contributed by atoms with Crippen molar-refractivity contribution in [3.8, 4) is 0 Å². The molecular formula is C13H19I. The summed E-state index contributed by atoms with van der Waals surface area (Å²) in [7, 11) is 0. The Morgan fingerprint density at radius 3 is 2.36 bits per heavy atom. The molecule has 0 spiro atoms. The van der Waals surface area contributed by atoms with Gasteiger partial charge in [0, 0.05) is 0 Å². The van der Waals surface area contributed by atoms with Crippen LogP contribution in [0.25, 0.3) is 0 Å². The summed E-state index contributed by atoms with van der Waals surface area (Å²) in [5.41, 5.74) is 1.50. The number of hydrogen-bond acceptors (Lipinski definition) is 0. The third-order valence-corrected chi connectivity index (χ3v) is 2.87. The molecule has 0 N–H and O–H groups in total. The van der Waals surface area contributed by atoms with E-state index in [0.717, 1.165) is 5.92 Å². The molecule has 78 valence electrons. The summed E-state index contributed by atoms with van der Waals surface area (Å²) in [6, 6.07) is 10.8. The van der Waals surface area contributed by atoms with Gasteiger partial charge in [-0.25, -0.2) is 0 Å². The van der Waals surface area contributed by atoms with Gasteiger partial charge in [0.2, 0.25) is 0 Å². The second-order valence-electron chi connectivity index (χ2n) is 4.17. The fraction of sp³-hybridized carbons (Fsp3) is 0.538. The van der Waals surface area contributed by atoms with Crippen molar-refractivity contribution >= 4 is 24.0 Å². The van der Waals surface area contributed by atoms with Gasteiger partial charge in [-0.3, -0.25) is 0 Å². The topological polar surface area (TPSA) is 0 Å². The minimum absolute atomic E-state index is 0. The van der Waals surface area contributed by atoms with Crippen LogP contribution in [0.2, 0.25) is 0 Å². The minimum atomic E-state index is 0. The smallest absolute Gasteiger partial charge is 0.0279 e. The lowest BCUT2D eigenvalue weighted by Crippen LogP contribution is -1.85. The van der Waals surface area contributed by atoms with Crippen LogP contribution in [-0.2, 0) is 6.42 Å². The van der Waals surface area contributed by atoms with E-state index in [1.165, 1.54) is 44.1 Å². The van der Waals surface area contributed by atoms with Gasteiger partial charge >= 0.3 is 0 Å². The zero-order valence-corrected chi connectivity index (χ0v) is 10.9. The molecule has 0 radical (unpaired) electrons. The van der Waals surface area contributed by atoms with Gasteiger partial charge < -0.3 is 0 Å². The second-order valence-corrected chi connectivity index (χ2v) is 4.17. The summed E-state index contributed by atoms with van der Waals surface area (Å²) in [6.45, 7) is 0. The van der Waals surface area contributed by atoms with Crippen molar-refractivity contribution in [2.45, 2.75) is 38.5 Å². The van der Waals surface area contributed by atoms with E-state index in [4.69, 9.17) is 0 Å². The van der Waals surface area contributed by atoms with Gasteiger partial charge in [0.1, 0.15) is 0 Å². The van der Waals surface area contributed by atoms with Crippen LogP contribution in [-0.4, -0.2) is 0 Å². The van der Waals surface area contributed by atoms with Crippen molar-refractivity contribution in [1.82, 2.24) is 0 Å². The molecule has 14 heavy (non-hydrogen) atoms. The van der Waals surface area contributed by atoms with E-state index in [2.05, 4.69) is 30.3 Å². The van der Waals surface area contributed by atoms with Crippen molar-refractivity contribution in [1.29, 1.82) is 0 Å². The van der Waals surface area contributed by atoms with Crippen LogP contribution in [0.15, 0.2) is 30.3 Å². The number of halogens is 1. The van der Waals surface area contributed by atoms with Crippen LogP contribution in [0.3, 0.4) is 0 Å². The second kappa shape index (κ2) is 6.44. The third-order valence-electron chi connectivity index (χ3n) is 2.87. The van der Waals surface area contributed by atoms with E-state index in [1.807, 2.05) is 0 Å². The van der Waals surface area contributed by atoms with Crippen LogP contribution in [0.4, 0.5) is 0 Å². The number of unbranched alkanes of at least 4 members (excludes halogenated alkanes) is 1. The molecule has 1 aromatic carbocycles. The lowest BCUT2D eigenvalue weighted by atomic mass is 10.1. The van der Waals surface area contributed by atoms with Crippen molar-refractivity contribution in [2.75, 3.05) is 0 Å². The molecule has 0 aliphatic heterocycles. The van der Waals surface area contributed by atoms with Crippen molar-refractivity contribution < 1.29 is 0 Å². The van der Waals surface area contributed by atoms with Gasteiger partial charge in [0.05, 0.1) is 0 Å². The first-order chi connectivity index (χ1) is 6.45. The first-order valence-corrected chi connectivity index (χ1v) is 5.49. The highest BCUT2D eigenvalue weighted by Crippen LogP contribution is 2.33. The Kier molecular flexibility index (Phi) is 5.53. The summed E-state index contributed by atoms with van der Waals surface area (Å²) < 4.78 is 0. The Hall–Kier alpha value is -0.0500. The summed E-state index contributed by atoms with van der Waals surface area (Å²) in [5, 5.41) is 0. The number of hydrogen-bond donors (Lipinski definition) is 0. The highest BCUT2D eigenvalue weighted by Gasteiger charge is 2.19. The Bertz CT molecular complexity index is 239. The summed E-state index contributed by atoms with van der Waals surface area (Å²) in [5.74, 6) is 1.11. The predicted molar refractivity (Wildman–Crippen MR) is 72.1 cm³/mol. The fourth-order valence-electron chi connectivity index (χ4n) is 1.81. The van der Waals surface area contributed by atoms with E-state index in [9.17, 15) is 0 Å². The lowest BCUT2D eigenvalue weighted by Gasteiger charge is -2.00. The Labute approximate surface area is 104 Å². The molecule has 1 aromatic rings. The molecule has 0 bridgehead atoms. The first-order valence-electron chi connectivity index (χ1n) is 5.49. The fourth-order valence-corrected chi connectivity index (χ4v) is 1.81. The maximum Gasteiger partial charge on any atom is -0.0279 e. The van der Waals surface area contributed by atoms with Gasteiger partial charge in [-0.05, 0) is 24.3 Å². The van der Waals surface area contributed by atoms with E-state index >= 15 is 0 Å². The number of aryl methyl sites for hydroxylation is 1. The molecule has 0 unspecified atom stereocenters. The predicted octanol–water partition coefficient (Wildman–Crippen LogP) is 4.43. The quantitative estimate of drug-likeness (QED) is 0.557. The summed E-state index contributed by atoms with van der Waals surface area (Å²) >= 11 is 0. The van der Waals surface area contributed by atoms with E-state index in [1.54, 1.807) is 0 Å². The maximum atomic E-state index is 2.23. The molecule has 1 fully saturated rings. The van der Waals surface area contributed by atoms with Gasteiger partial charge in [-0.15, -0.1) is 24.0 Å². The molecule has 0 nitrogen and oxygen atoms in total. The highest BCUT2D eigenvalue weighted by atomic mass is 127. The zero-order valence-electron chi connectivity index (χ0n) is 8.61. The van der Waals surface area contributed by atoms with Gasteiger partial charge in [0.25, 0.3) is 0 Å². The van der Waals surface area contributed by atoms with Crippen LogP contribution in [0, 0.1) is 5.92 Å². The molecule has 1 saturated carbocycles. The van der Waals surface area contributed by atoms with Crippen LogP contribution in [0.5, 0.6) is 0 Å². The Morgan fingerprint density at radius 2 is 1.71 bits per heavy atom. The highest BCUT2D eigenvalue weighted by molar-refractivity contribution is 14.0. The molecule has 0 atom stereocenters. The molecule has 2 rings (SSSR count). The Balaban J connectivity index is 0.000000980. The molecule has 0 amide bonds.